The van der Waals surface area contributed by atoms with Gasteiger partial charge < -0.3 is 10.2 Å². The molecule has 0 aromatic heterocycles. The third-order valence-electron chi connectivity index (χ3n) is 2.66. The Bertz CT molecular complexity index is 325. The quantitative estimate of drug-likeness (QED) is 0.676. The Morgan fingerprint density at radius 3 is 2.64 bits per heavy atom. The molecule has 76 valence electrons. The van der Waals surface area contributed by atoms with Crippen LogP contribution in [0.15, 0.2) is 24.3 Å². The van der Waals surface area contributed by atoms with E-state index in [4.69, 9.17) is 0 Å². The summed E-state index contributed by atoms with van der Waals surface area (Å²) in [6.07, 6.45) is 0. The van der Waals surface area contributed by atoms with E-state index in [-0.39, 0.29) is 5.54 Å². The molecule has 0 saturated heterocycles. The van der Waals surface area contributed by atoms with Gasteiger partial charge in [0.1, 0.15) is 0 Å². The van der Waals surface area contributed by atoms with Gasteiger partial charge >= 0.3 is 0 Å². The van der Waals surface area contributed by atoms with E-state index in [1.165, 1.54) is 11.4 Å². The monoisotopic (exact) mass is 190 g/mol. The molecule has 0 fully saturated rings. The van der Waals surface area contributed by atoms with Crippen LogP contribution >= 0.6 is 0 Å². The molecule has 14 heavy (non-hydrogen) atoms. The van der Waals surface area contributed by atoms with E-state index in [0.717, 1.165) is 13.1 Å². The maximum atomic E-state index is 3.42. The number of rotatable bonds is 0. The largest absolute Gasteiger partial charge is 0.382 e. The van der Waals surface area contributed by atoms with Crippen molar-refractivity contribution in [2.45, 2.75) is 26.3 Å². The molecule has 0 amide bonds. The first kappa shape index (κ1) is 9.38. The average molecular weight is 190 g/mol. The summed E-state index contributed by atoms with van der Waals surface area (Å²) < 4.78 is 0. The zero-order chi connectivity index (χ0) is 10.2. The summed E-state index contributed by atoms with van der Waals surface area (Å²) in [7, 11) is 0. The Labute approximate surface area is 85.9 Å². The number of nitrogens with one attached hydrogen (secondary N) is 1. The fourth-order valence-corrected chi connectivity index (χ4v) is 1.98. The molecule has 0 saturated carbocycles. The third kappa shape index (κ3) is 1.57. The molecular weight excluding hydrogens is 172 g/mol. The highest BCUT2D eigenvalue weighted by atomic mass is 15.2. The zero-order valence-electron chi connectivity index (χ0n) is 9.17. The highest BCUT2D eigenvalue weighted by Crippen LogP contribution is 2.33. The maximum Gasteiger partial charge on any atom is 0.0606 e. The van der Waals surface area contributed by atoms with Crippen molar-refractivity contribution in [3.63, 3.8) is 0 Å². The third-order valence-corrected chi connectivity index (χ3v) is 2.66. The molecule has 1 aliphatic heterocycles. The number of nitrogens with zero attached hydrogens (tertiary/aromatic N) is 1. The standard InChI is InChI=1S/C12H18N2/c1-12(2,3)14-9-8-13-10-6-4-5-7-11(10)14/h4-7,13H,8-9H2,1-3H3. The maximum absolute atomic E-state index is 3.42. The minimum Gasteiger partial charge on any atom is -0.382 e. The Kier molecular flexibility index (Phi) is 2.14. The highest BCUT2D eigenvalue weighted by molar-refractivity contribution is 5.72. The van der Waals surface area contributed by atoms with Crippen molar-refractivity contribution in [2.24, 2.45) is 0 Å². The van der Waals surface area contributed by atoms with Gasteiger partial charge in [-0.1, -0.05) is 12.1 Å². The van der Waals surface area contributed by atoms with Crippen molar-refractivity contribution in [1.29, 1.82) is 0 Å². The van der Waals surface area contributed by atoms with E-state index in [2.05, 4.69) is 55.3 Å². The summed E-state index contributed by atoms with van der Waals surface area (Å²) in [5, 5.41) is 3.42. The first-order chi connectivity index (χ1) is 6.59. The molecule has 2 heteroatoms. The van der Waals surface area contributed by atoms with Crippen LogP contribution in [0.4, 0.5) is 11.4 Å². The molecule has 0 unspecified atom stereocenters. The van der Waals surface area contributed by atoms with Crippen molar-refractivity contribution in [2.75, 3.05) is 23.3 Å². The number of hydrogen-bond acceptors (Lipinski definition) is 2. The highest BCUT2D eigenvalue weighted by Gasteiger charge is 2.25. The summed E-state index contributed by atoms with van der Waals surface area (Å²) in [5.41, 5.74) is 2.79. The Hall–Kier alpha value is -1.18. The molecule has 2 rings (SSSR count). The van der Waals surface area contributed by atoms with Gasteiger partial charge in [0.05, 0.1) is 11.4 Å². The van der Waals surface area contributed by atoms with Gasteiger partial charge in [0.2, 0.25) is 0 Å². The Morgan fingerprint density at radius 1 is 1.21 bits per heavy atom. The van der Waals surface area contributed by atoms with Crippen molar-refractivity contribution >= 4 is 11.4 Å². The smallest absolute Gasteiger partial charge is 0.0606 e. The lowest BCUT2D eigenvalue weighted by Crippen LogP contribution is -2.46. The van der Waals surface area contributed by atoms with Gasteiger partial charge in [-0.05, 0) is 32.9 Å². The fourth-order valence-electron chi connectivity index (χ4n) is 1.98. The van der Waals surface area contributed by atoms with Crippen molar-refractivity contribution in [1.82, 2.24) is 0 Å². The first-order valence-electron chi connectivity index (χ1n) is 5.19. The van der Waals surface area contributed by atoms with E-state index in [9.17, 15) is 0 Å². The SMILES string of the molecule is CC(C)(C)N1CCNc2ccccc21. The molecule has 0 atom stereocenters. The van der Waals surface area contributed by atoms with Gasteiger partial charge in [0.25, 0.3) is 0 Å². The topological polar surface area (TPSA) is 15.3 Å². The molecule has 1 aromatic rings. The lowest BCUT2D eigenvalue weighted by Gasteiger charge is -2.41. The van der Waals surface area contributed by atoms with Crippen molar-refractivity contribution < 1.29 is 0 Å². The molecule has 0 radical (unpaired) electrons. The van der Waals surface area contributed by atoms with E-state index in [1.807, 2.05) is 0 Å². The molecule has 0 aliphatic carbocycles. The van der Waals surface area contributed by atoms with Crippen LogP contribution in [-0.4, -0.2) is 18.6 Å². The second-order valence-electron chi connectivity index (χ2n) is 4.77. The van der Waals surface area contributed by atoms with Gasteiger partial charge in [-0.25, -0.2) is 0 Å². The van der Waals surface area contributed by atoms with Crippen LogP contribution in [0.5, 0.6) is 0 Å². The predicted molar refractivity (Wildman–Crippen MR) is 62.0 cm³/mol. The summed E-state index contributed by atoms with van der Waals surface area (Å²) in [4.78, 5) is 2.46. The van der Waals surface area contributed by atoms with Gasteiger partial charge in [-0.3, -0.25) is 0 Å². The van der Waals surface area contributed by atoms with E-state index >= 15 is 0 Å². The van der Waals surface area contributed by atoms with Gasteiger partial charge in [0, 0.05) is 18.6 Å². The van der Waals surface area contributed by atoms with Crippen LogP contribution < -0.4 is 10.2 Å². The molecule has 2 nitrogen and oxygen atoms in total. The fraction of sp³-hybridized carbons (Fsp3) is 0.500. The van der Waals surface area contributed by atoms with Crippen LogP contribution in [0.25, 0.3) is 0 Å². The number of para-hydroxylation sites is 2. The lowest BCUT2D eigenvalue weighted by atomic mass is 10.0. The van der Waals surface area contributed by atoms with Crippen LogP contribution in [0, 0.1) is 0 Å². The minimum absolute atomic E-state index is 0.207. The molecule has 1 N–H and O–H groups in total. The first-order valence-corrected chi connectivity index (χ1v) is 5.19. The van der Waals surface area contributed by atoms with Gasteiger partial charge in [0.15, 0.2) is 0 Å². The lowest BCUT2D eigenvalue weighted by molar-refractivity contribution is 0.505. The van der Waals surface area contributed by atoms with Gasteiger partial charge in [-0.2, -0.15) is 0 Å². The summed E-state index contributed by atoms with van der Waals surface area (Å²) in [6, 6.07) is 8.52. The average Bonchev–Trinajstić information content (AvgIpc) is 2.15. The van der Waals surface area contributed by atoms with E-state index < -0.39 is 0 Å². The number of benzene rings is 1. The second-order valence-corrected chi connectivity index (χ2v) is 4.77. The zero-order valence-corrected chi connectivity index (χ0v) is 9.17. The van der Waals surface area contributed by atoms with Crippen LogP contribution in [0.2, 0.25) is 0 Å². The molecular formula is C12H18N2. The number of anilines is 2. The Morgan fingerprint density at radius 2 is 1.93 bits per heavy atom. The second kappa shape index (κ2) is 3.19. The molecule has 1 aliphatic rings. The van der Waals surface area contributed by atoms with E-state index in [0.29, 0.717) is 0 Å². The van der Waals surface area contributed by atoms with Gasteiger partial charge in [-0.15, -0.1) is 0 Å². The normalized spacial score (nSPS) is 16.1. The summed E-state index contributed by atoms with van der Waals surface area (Å²) in [5.74, 6) is 0. The molecule has 0 spiro atoms. The van der Waals surface area contributed by atoms with Crippen molar-refractivity contribution in [3.8, 4) is 0 Å². The van der Waals surface area contributed by atoms with E-state index in [1.54, 1.807) is 0 Å². The minimum atomic E-state index is 0.207. The number of fused-ring (bicyclic) bond motifs is 1. The number of hydrogen-bond donors (Lipinski definition) is 1. The van der Waals surface area contributed by atoms with Crippen molar-refractivity contribution in [3.05, 3.63) is 24.3 Å². The van der Waals surface area contributed by atoms with Crippen LogP contribution in [0.3, 0.4) is 0 Å². The van der Waals surface area contributed by atoms with Crippen LogP contribution in [0.1, 0.15) is 20.8 Å². The predicted octanol–water partition coefficient (Wildman–Crippen LogP) is 2.72. The molecule has 1 heterocycles. The summed E-state index contributed by atoms with van der Waals surface area (Å²) in [6.45, 7) is 8.90. The Balaban J connectivity index is 2.41. The molecule has 1 aromatic carbocycles. The molecule has 0 bridgehead atoms. The summed E-state index contributed by atoms with van der Waals surface area (Å²) >= 11 is 0. The van der Waals surface area contributed by atoms with Crippen LogP contribution in [-0.2, 0) is 0 Å².